The Bertz CT molecular complexity index is 434. The number of fused-ring (bicyclic) bond motifs is 1. The molecule has 0 radical (unpaired) electrons. The van der Waals surface area contributed by atoms with Crippen LogP contribution >= 0.6 is 11.6 Å². The Morgan fingerprint density at radius 3 is 3.12 bits per heavy atom. The lowest BCUT2D eigenvalue weighted by atomic mass is 10.0. The summed E-state index contributed by atoms with van der Waals surface area (Å²) in [6, 6.07) is 3.43. The molecule has 1 aromatic rings. The van der Waals surface area contributed by atoms with E-state index in [-0.39, 0.29) is 5.78 Å². The first-order valence-electron chi connectivity index (χ1n) is 5.44. The van der Waals surface area contributed by atoms with Gasteiger partial charge in [0, 0.05) is 26.1 Å². The average Bonchev–Trinajstić information content (AvgIpc) is 2.31. The summed E-state index contributed by atoms with van der Waals surface area (Å²) in [6.45, 7) is 1.68. The number of benzene rings is 1. The van der Waals surface area contributed by atoms with Gasteiger partial charge in [-0.3, -0.25) is 4.79 Å². The number of anilines is 1. The van der Waals surface area contributed by atoms with Crippen molar-refractivity contribution in [3.05, 3.63) is 22.7 Å². The third-order valence-corrected chi connectivity index (χ3v) is 2.89. The molecule has 0 saturated heterocycles. The van der Waals surface area contributed by atoms with Crippen molar-refractivity contribution in [2.75, 3.05) is 32.2 Å². The molecule has 17 heavy (non-hydrogen) atoms. The predicted molar refractivity (Wildman–Crippen MR) is 66.3 cm³/mol. The SMILES string of the molecule is COCCNc1cc2c(cc1Cl)C(=O)CCO2. The Balaban J connectivity index is 2.21. The van der Waals surface area contributed by atoms with Gasteiger partial charge in [0.25, 0.3) is 0 Å². The number of rotatable bonds is 4. The molecule has 92 valence electrons. The molecule has 2 rings (SSSR count). The van der Waals surface area contributed by atoms with Gasteiger partial charge in [0.1, 0.15) is 5.75 Å². The molecule has 0 atom stereocenters. The topological polar surface area (TPSA) is 47.6 Å². The number of ether oxygens (including phenoxy) is 2. The number of nitrogens with one attached hydrogen (secondary N) is 1. The number of Topliss-reactive ketones (excluding diaryl/α,β-unsaturated/α-hetero) is 1. The first-order valence-corrected chi connectivity index (χ1v) is 5.82. The molecule has 1 N–H and O–H groups in total. The van der Waals surface area contributed by atoms with E-state index in [0.29, 0.717) is 42.5 Å². The zero-order valence-electron chi connectivity index (χ0n) is 9.59. The van der Waals surface area contributed by atoms with Crippen molar-refractivity contribution in [2.45, 2.75) is 6.42 Å². The lowest BCUT2D eigenvalue weighted by molar-refractivity contribution is 0.0933. The summed E-state index contributed by atoms with van der Waals surface area (Å²) in [5, 5.41) is 3.66. The summed E-state index contributed by atoms with van der Waals surface area (Å²) < 4.78 is 10.4. The van der Waals surface area contributed by atoms with Crippen LogP contribution in [0.15, 0.2) is 12.1 Å². The maximum Gasteiger partial charge on any atom is 0.170 e. The molecule has 1 heterocycles. The Morgan fingerprint density at radius 2 is 2.35 bits per heavy atom. The van der Waals surface area contributed by atoms with Gasteiger partial charge in [0.05, 0.1) is 29.5 Å². The van der Waals surface area contributed by atoms with Crippen molar-refractivity contribution in [1.82, 2.24) is 0 Å². The lowest BCUT2D eigenvalue weighted by Gasteiger charge is -2.18. The van der Waals surface area contributed by atoms with Gasteiger partial charge in [-0.25, -0.2) is 0 Å². The second kappa shape index (κ2) is 5.38. The maximum absolute atomic E-state index is 11.6. The molecule has 0 aromatic heterocycles. The van der Waals surface area contributed by atoms with Crippen LogP contribution in [0, 0.1) is 0 Å². The van der Waals surface area contributed by atoms with Crippen LogP contribution in [-0.2, 0) is 4.74 Å². The van der Waals surface area contributed by atoms with Gasteiger partial charge in [-0.2, -0.15) is 0 Å². The molecule has 0 unspecified atom stereocenters. The molecule has 1 aliphatic heterocycles. The Morgan fingerprint density at radius 1 is 1.53 bits per heavy atom. The molecular weight excluding hydrogens is 242 g/mol. The van der Waals surface area contributed by atoms with E-state index in [0.717, 1.165) is 5.69 Å². The van der Waals surface area contributed by atoms with Crippen molar-refractivity contribution in [1.29, 1.82) is 0 Å². The van der Waals surface area contributed by atoms with E-state index < -0.39 is 0 Å². The van der Waals surface area contributed by atoms with E-state index in [1.54, 1.807) is 19.2 Å². The Labute approximate surface area is 105 Å². The number of halogens is 1. The van der Waals surface area contributed by atoms with Gasteiger partial charge in [-0.15, -0.1) is 0 Å². The summed E-state index contributed by atoms with van der Waals surface area (Å²) in [6.07, 6.45) is 0.416. The van der Waals surface area contributed by atoms with Crippen LogP contribution in [0.3, 0.4) is 0 Å². The molecule has 0 saturated carbocycles. The van der Waals surface area contributed by atoms with Crippen LogP contribution in [0.4, 0.5) is 5.69 Å². The normalized spacial score (nSPS) is 14.1. The number of carbonyl (C=O) groups is 1. The highest BCUT2D eigenvalue weighted by Gasteiger charge is 2.20. The third-order valence-electron chi connectivity index (χ3n) is 2.58. The Hall–Kier alpha value is -1.26. The van der Waals surface area contributed by atoms with Crippen LogP contribution < -0.4 is 10.1 Å². The van der Waals surface area contributed by atoms with E-state index in [1.165, 1.54) is 0 Å². The molecule has 1 aliphatic rings. The van der Waals surface area contributed by atoms with Crippen molar-refractivity contribution in [2.24, 2.45) is 0 Å². The molecule has 0 bridgehead atoms. The summed E-state index contributed by atoms with van der Waals surface area (Å²) in [7, 11) is 1.64. The molecule has 0 fully saturated rings. The molecule has 0 spiro atoms. The monoisotopic (exact) mass is 255 g/mol. The summed E-state index contributed by atoms with van der Waals surface area (Å²) in [5.41, 5.74) is 1.33. The van der Waals surface area contributed by atoms with Gasteiger partial charge in [0.15, 0.2) is 5.78 Å². The number of hydrogen-bond donors (Lipinski definition) is 1. The van der Waals surface area contributed by atoms with Crippen LogP contribution in [0.2, 0.25) is 5.02 Å². The van der Waals surface area contributed by atoms with Crippen LogP contribution in [0.1, 0.15) is 16.8 Å². The van der Waals surface area contributed by atoms with Crippen LogP contribution in [-0.4, -0.2) is 32.7 Å². The maximum atomic E-state index is 11.6. The van der Waals surface area contributed by atoms with Gasteiger partial charge < -0.3 is 14.8 Å². The minimum absolute atomic E-state index is 0.0802. The molecule has 5 heteroatoms. The first-order chi connectivity index (χ1) is 8.22. The molecule has 1 aromatic carbocycles. The van der Waals surface area contributed by atoms with Gasteiger partial charge in [-0.05, 0) is 6.07 Å². The Kier molecular flexibility index (Phi) is 3.86. The van der Waals surface area contributed by atoms with E-state index in [4.69, 9.17) is 21.1 Å². The zero-order valence-corrected chi connectivity index (χ0v) is 10.3. The second-order valence-corrected chi connectivity index (χ2v) is 4.18. The standard InChI is InChI=1S/C12H14ClNO3/c1-16-5-3-14-10-7-12-8(6-9(10)13)11(15)2-4-17-12/h6-7,14H,2-5H2,1H3. The minimum Gasteiger partial charge on any atom is -0.492 e. The number of carbonyl (C=O) groups excluding carboxylic acids is 1. The van der Waals surface area contributed by atoms with Crippen molar-refractivity contribution in [3.8, 4) is 5.75 Å². The number of methoxy groups -OCH3 is 1. The van der Waals surface area contributed by atoms with Crippen molar-refractivity contribution in [3.63, 3.8) is 0 Å². The van der Waals surface area contributed by atoms with Crippen LogP contribution in [0.25, 0.3) is 0 Å². The molecular formula is C12H14ClNO3. The summed E-state index contributed by atoms with van der Waals surface area (Å²) in [5.74, 6) is 0.683. The minimum atomic E-state index is 0.0802. The van der Waals surface area contributed by atoms with E-state index in [2.05, 4.69) is 5.32 Å². The third kappa shape index (κ3) is 2.70. The molecule has 0 amide bonds. The first kappa shape index (κ1) is 12.2. The fraction of sp³-hybridized carbons (Fsp3) is 0.417. The van der Waals surface area contributed by atoms with Gasteiger partial charge in [0.2, 0.25) is 0 Å². The molecule has 0 aliphatic carbocycles. The summed E-state index contributed by atoms with van der Waals surface area (Å²) in [4.78, 5) is 11.6. The van der Waals surface area contributed by atoms with Gasteiger partial charge >= 0.3 is 0 Å². The fourth-order valence-corrected chi connectivity index (χ4v) is 1.93. The van der Waals surface area contributed by atoms with Gasteiger partial charge in [-0.1, -0.05) is 11.6 Å². The quantitative estimate of drug-likeness (QED) is 0.839. The predicted octanol–water partition coefficient (Wildman–Crippen LogP) is 2.36. The number of hydrogen-bond acceptors (Lipinski definition) is 4. The highest BCUT2D eigenvalue weighted by molar-refractivity contribution is 6.33. The average molecular weight is 256 g/mol. The molecule has 4 nitrogen and oxygen atoms in total. The van der Waals surface area contributed by atoms with E-state index in [1.807, 2.05) is 0 Å². The van der Waals surface area contributed by atoms with Crippen LogP contribution in [0.5, 0.6) is 5.75 Å². The second-order valence-electron chi connectivity index (χ2n) is 3.77. The van der Waals surface area contributed by atoms with Crippen molar-refractivity contribution < 1.29 is 14.3 Å². The van der Waals surface area contributed by atoms with E-state index in [9.17, 15) is 4.79 Å². The highest BCUT2D eigenvalue weighted by atomic mass is 35.5. The lowest BCUT2D eigenvalue weighted by Crippen LogP contribution is -2.16. The smallest absolute Gasteiger partial charge is 0.170 e. The largest absolute Gasteiger partial charge is 0.492 e. The number of ketones is 1. The summed E-state index contributed by atoms with van der Waals surface area (Å²) >= 11 is 6.09. The van der Waals surface area contributed by atoms with Crippen molar-refractivity contribution >= 4 is 23.1 Å². The van der Waals surface area contributed by atoms with E-state index >= 15 is 0 Å². The zero-order chi connectivity index (χ0) is 12.3. The fourth-order valence-electron chi connectivity index (χ4n) is 1.70. The highest BCUT2D eigenvalue weighted by Crippen LogP contribution is 2.33.